The second-order valence-corrected chi connectivity index (χ2v) is 5.35. The fourth-order valence-electron chi connectivity index (χ4n) is 2.28. The van der Waals surface area contributed by atoms with Crippen molar-refractivity contribution in [3.63, 3.8) is 0 Å². The number of amides is 1. The van der Waals surface area contributed by atoms with Crippen LogP contribution in [0.25, 0.3) is 0 Å². The van der Waals surface area contributed by atoms with Crippen LogP contribution in [-0.4, -0.2) is 10.8 Å². The first-order chi connectivity index (χ1) is 10.2. The van der Waals surface area contributed by atoms with Gasteiger partial charge >= 0.3 is 0 Å². The minimum Gasteiger partial charge on any atom is -0.464 e. The molecule has 0 atom stereocenters. The number of furan rings is 1. The molecule has 0 saturated carbocycles. The maximum atomic E-state index is 12.4. The van der Waals surface area contributed by atoms with Gasteiger partial charge < -0.3 is 9.32 Å². The lowest BCUT2D eigenvalue weighted by molar-refractivity contribution is -0.132. The molecule has 0 fully saturated rings. The third-order valence-corrected chi connectivity index (χ3v) is 3.46. The maximum absolute atomic E-state index is 12.4. The monoisotopic (exact) mass is 285 g/mol. The predicted molar refractivity (Wildman–Crippen MR) is 83.7 cm³/mol. The summed E-state index contributed by atoms with van der Waals surface area (Å²) in [4.78, 5) is 14.3. The molecule has 0 bridgehead atoms. The largest absolute Gasteiger partial charge is 0.464 e. The van der Waals surface area contributed by atoms with Crippen LogP contribution in [0, 0.1) is 6.92 Å². The van der Waals surface area contributed by atoms with Crippen LogP contribution in [0.5, 0.6) is 0 Å². The van der Waals surface area contributed by atoms with Gasteiger partial charge in [-0.1, -0.05) is 43.7 Å². The molecule has 0 unspecified atom stereocenters. The minimum absolute atomic E-state index is 0.190. The van der Waals surface area contributed by atoms with Crippen molar-refractivity contribution < 1.29 is 9.21 Å². The Kier molecular flexibility index (Phi) is 5.61. The quantitative estimate of drug-likeness (QED) is 0.759. The Morgan fingerprint density at radius 2 is 1.86 bits per heavy atom. The highest BCUT2D eigenvalue weighted by Gasteiger charge is 2.15. The van der Waals surface area contributed by atoms with Crippen LogP contribution in [-0.2, 0) is 17.9 Å². The summed E-state index contributed by atoms with van der Waals surface area (Å²) in [5, 5.41) is 0. The molecule has 0 N–H and O–H groups in total. The second-order valence-electron chi connectivity index (χ2n) is 5.35. The molecule has 21 heavy (non-hydrogen) atoms. The van der Waals surface area contributed by atoms with Gasteiger partial charge in [-0.3, -0.25) is 4.79 Å². The van der Waals surface area contributed by atoms with Gasteiger partial charge in [0.2, 0.25) is 5.91 Å². The van der Waals surface area contributed by atoms with Crippen LogP contribution in [0.4, 0.5) is 0 Å². The molecule has 1 aromatic heterocycles. The number of hydrogen-bond acceptors (Lipinski definition) is 2. The number of carbonyl (C=O) groups is 1. The fraction of sp³-hybridized carbons (Fsp3) is 0.389. The van der Waals surface area contributed by atoms with Crippen molar-refractivity contribution in [1.82, 2.24) is 4.90 Å². The molecule has 2 rings (SSSR count). The molecular weight excluding hydrogens is 262 g/mol. The molecule has 0 radical (unpaired) electrons. The van der Waals surface area contributed by atoms with E-state index >= 15 is 0 Å². The predicted octanol–water partition coefficient (Wildman–Crippen LogP) is 4.31. The zero-order chi connectivity index (χ0) is 15.1. The highest BCUT2D eigenvalue weighted by molar-refractivity contribution is 5.76. The van der Waals surface area contributed by atoms with E-state index in [1.807, 2.05) is 54.3 Å². The lowest BCUT2D eigenvalue weighted by Gasteiger charge is -2.22. The van der Waals surface area contributed by atoms with Gasteiger partial charge in [0, 0.05) is 13.0 Å². The van der Waals surface area contributed by atoms with E-state index in [0.29, 0.717) is 19.5 Å². The fourth-order valence-corrected chi connectivity index (χ4v) is 2.28. The molecule has 1 heterocycles. The van der Waals surface area contributed by atoms with Crippen molar-refractivity contribution in [3.8, 4) is 0 Å². The Labute approximate surface area is 126 Å². The van der Waals surface area contributed by atoms with Crippen LogP contribution < -0.4 is 0 Å². The Morgan fingerprint density at radius 1 is 1.10 bits per heavy atom. The summed E-state index contributed by atoms with van der Waals surface area (Å²) < 4.78 is 5.61. The molecule has 2 aromatic rings. The van der Waals surface area contributed by atoms with Crippen LogP contribution in [0.2, 0.25) is 0 Å². The highest BCUT2D eigenvalue weighted by Crippen LogP contribution is 2.14. The Morgan fingerprint density at radius 3 is 2.48 bits per heavy atom. The van der Waals surface area contributed by atoms with Gasteiger partial charge in [0.25, 0.3) is 0 Å². The summed E-state index contributed by atoms with van der Waals surface area (Å²) in [6.45, 7) is 5.18. The Hall–Kier alpha value is -2.03. The van der Waals surface area contributed by atoms with Crippen molar-refractivity contribution in [2.75, 3.05) is 0 Å². The van der Waals surface area contributed by atoms with E-state index in [1.165, 1.54) is 0 Å². The van der Waals surface area contributed by atoms with Gasteiger partial charge in [-0.2, -0.15) is 0 Å². The third-order valence-electron chi connectivity index (χ3n) is 3.46. The molecule has 0 spiro atoms. The van der Waals surface area contributed by atoms with Crippen molar-refractivity contribution in [2.45, 2.75) is 46.2 Å². The zero-order valence-electron chi connectivity index (χ0n) is 12.8. The minimum atomic E-state index is 0.190. The molecule has 0 aliphatic carbocycles. The summed E-state index contributed by atoms with van der Waals surface area (Å²) in [7, 11) is 0. The average Bonchev–Trinajstić information content (AvgIpc) is 2.90. The van der Waals surface area contributed by atoms with E-state index in [1.54, 1.807) is 0 Å². The topological polar surface area (TPSA) is 33.5 Å². The molecular formula is C18H23NO2. The number of aryl methyl sites for hydroxylation is 1. The molecule has 1 amide bonds. The smallest absolute Gasteiger partial charge is 0.223 e. The number of unbranched alkanes of at least 4 members (excludes halogenated alkanes) is 1. The number of benzene rings is 1. The first-order valence-electron chi connectivity index (χ1n) is 7.56. The van der Waals surface area contributed by atoms with Gasteiger partial charge in [-0.25, -0.2) is 0 Å². The SMILES string of the molecule is CCCCC(=O)N(Cc1ccccc1)Cc1ccc(C)o1. The van der Waals surface area contributed by atoms with E-state index in [0.717, 1.165) is 29.9 Å². The van der Waals surface area contributed by atoms with Crippen molar-refractivity contribution >= 4 is 5.91 Å². The summed E-state index contributed by atoms with van der Waals surface area (Å²) in [6, 6.07) is 14.0. The van der Waals surface area contributed by atoms with Gasteiger partial charge in [0.05, 0.1) is 6.54 Å². The van der Waals surface area contributed by atoms with E-state index in [-0.39, 0.29) is 5.91 Å². The van der Waals surface area contributed by atoms with Crippen molar-refractivity contribution in [2.24, 2.45) is 0 Å². The lowest BCUT2D eigenvalue weighted by atomic mass is 10.2. The maximum Gasteiger partial charge on any atom is 0.223 e. The lowest BCUT2D eigenvalue weighted by Crippen LogP contribution is -2.29. The standard InChI is InChI=1S/C18H23NO2/c1-3-4-10-18(20)19(13-16-8-6-5-7-9-16)14-17-12-11-15(2)21-17/h5-9,11-12H,3-4,10,13-14H2,1-2H3. The van der Waals surface area contributed by atoms with Crippen LogP contribution in [0.15, 0.2) is 46.9 Å². The average molecular weight is 285 g/mol. The molecule has 1 aromatic carbocycles. The van der Waals surface area contributed by atoms with Gasteiger partial charge in [-0.05, 0) is 31.0 Å². The molecule has 112 valence electrons. The molecule has 3 heteroatoms. The zero-order valence-corrected chi connectivity index (χ0v) is 12.8. The van der Waals surface area contributed by atoms with Crippen molar-refractivity contribution in [1.29, 1.82) is 0 Å². The molecule has 3 nitrogen and oxygen atoms in total. The Bertz CT molecular complexity index is 560. The summed E-state index contributed by atoms with van der Waals surface area (Å²) in [5.41, 5.74) is 1.14. The van der Waals surface area contributed by atoms with Crippen molar-refractivity contribution in [3.05, 3.63) is 59.5 Å². The second kappa shape index (κ2) is 7.67. The number of rotatable bonds is 7. The van der Waals surface area contributed by atoms with E-state index in [9.17, 15) is 4.79 Å². The third kappa shape index (κ3) is 4.78. The molecule has 0 saturated heterocycles. The molecule has 0 aliphatic heterocycles. The van der Waals surface area contributed by atoms with Gasteiger partial charge in [0.15, 0.2) is 0 Å². The normalized spacial score (nSPS) is 10.6. The first-order valence-corrected chi connectivity index (χ1v) is 7.56. The number of nitrogens with zero attached hydrogens (tertiary/aromatic N) is 1. The van der Waals surface area contributed by atoms with Crippen LogP contribution >= 0.6 is 0 Å². The first kappa shape index (κ1) is 15.4. The summed E-state index contributed by atoms with van der Waals surface area (Å²) in [6.07, 6.45) is 2.56. The van der Waals surface area contributed by atoms with E-state index in [4.69, 9.17) is 4.42 Å². The molecule has 0 aliphatic rings. The van der Waals surface area contributed by atoms with Crippen LogP contribution in [0.1, 0.15) is 43.3 Å². The van der Waals surface area contributed by atoms with Gasteiger partial charge in [-0.15, -0.1) is 0 Å². The van der Waals surface area contributed by atoms with E-state index in [2.05, 4.69) is 6.92 Å². The van der Waals surface area contributed by atoms with Crippen LogP contribution in [0.3, 0.4) is 0 Å². The number of carbonyl (C=O) groups excluding carboxylic acids is 1. The van der Waals surface area contributed by atoms with E-state index < -0.39 is 0 Å². The highest BCUT2D eigenvalue weighted by atomic mass is 16.3. The number of hydrogen-bond donors (Lipinski definition) is 0. The summed E-state index contributed by atoms with van der Waals surface area (Å²) >= 11 is 0. The van der Waals surface area contributed by atoms with Gasteiger partial charge in [0.1, 0.15) is 11.5 Å². The summed E-state index contributed by atoms with van der Waals surface area (Å²) in [5.74, 6) is 1.91. The Balaban J connectivity index is 2.07.